The van der Waals surface area contributed by atoms with Crippen LogP contribution in [0.4, 0.5) is 0 Å². The van der Waals surface area contributed by atoms with Gasteiger partial charge in [-0.25, -0.2) is 17.2 Å². The third kappa shape index (κ3) is 2.47. The first-order chi connectivity index (χ1) is 10.0. The van der Waals surface area contributed by atoms with Gasteiger partial charge in [0.05, 0.1) is 10.4 Å². The van der Waals surface area contributed by atoms with Crippen molar-refractivity contribution in [3.8, 4) is 0 Å². The Morgan fingerprint density at radius 1 is 0.955 bits per heavy atom. The summed E-state index contributed by atoms with van der Waals surface area (Å²) in [6, 6.07) is 15.8. The summed E-state index contributed by atoms with van der Waals surface area (Å²) in [5, 5.41) is 9.86. The van der Waals surface area contributed by atoms with E-state index in [2.05, 4.69) is 0 Å². The average Bonchev–Trinajstić information content (AvgIpc) is 2.88. The Balaban J connectivity index is 0.00000176. The van der Waals surface area contributed by atoms with Crippen LogP contribution in [0.3, 0.4) is 0 Å². The van der Waals surface area contributed by atoms with E-state index in [-0.39, 0.29) is 23.0 Å². The molecule has 0 unspecified atom stereocenters. The van der Waals surface area contributed by atoms with Crippen molar-refractivity contribution in [2.75, 3.05) is 0 Å². The van der Waals surface area contributed by atoms with Crippen molar-refractivity contribution in [3.05, 3.63) is 66.4 Å². The lowest BCUT2D eigenvalue weighted by atomic mass is 10.2. The zero-order chi connectivity index (χ0) is 15.0. The Hall–Kier alpha value is -2.31. The van der Waals surface area contributed by atoms with Crippen LogP contribution in [0.5, 0.6) is 0 Å². The Kier molecular flexibility index (Phi) is 4.25. The lowest BCUT2D eigenvalue weighted by Crippen LogP contribution is -2.18. The predicted octanol–water partition coefficient (Wildman–Crippen LogP) is 3.00. The molecule has 2 aromatic carbocycles. The van der Waals surface area contributed by atoms with Gasteiger partial charge in [0.25, 0.3) is 10.0 Å². The number of hydrogen-bond donors (Lipinski definition) is 1. The molecule has 1 heterocycles. The number of hydrogen-bond acceptors (Lipinski definition) is 3. The Morgan fingerprint density at radius 3 is 2.18 bits per heavy atom. The minimum atomic E-state index is -3.96. The largest absolute Gasteiger partial charge is 0.477 e. The summed E-state index contributed by atoms with van der Waals surface area (Å²) in [7, 11) is -3.96. The van der Waals surface area contributed by atoms with Crippen LogP contribution in [-0.2, 0) is 10.0 Å². The number of fused-ring (bicyclic) bond motifs is 1. The standard InChI is InChI=1S/C15H11NO4S.ClH/c17-15(18)14-10-11-6-4-5-9-13(11)16(14)21(19,20)12-7-2-1-3-8-12;/h1-10H,(H,17,18);1H. The van der Waals surface area contributed by atoms with Crippen LogP contribution in [0.1, 0.15) is 10.5 Å². The van der Waals surface area contributed by atoms with Crippen molar-refractivity contribution in [3.63, 3.8) is 0 Å². The molecule has 3 rings (SSSR count). The summed E-state index contributed by atoms with van der Waals surface area (Å²) in [5.74, 6) is -1.29. The minimum Gasteiger partial charge on any atom is -0.477 e. The van der Waals surface area contributed by atoms with E-state index in [1.807, 2.05) is 0 Å². The molecule has 0 saturated heterocycles. The van der Waals surface area contributed by atoms with Crippen LogP contribution in [0, 0.1) is 0 Å². The summed E-state index contributed by atoms with van der Waals surface area (Å²) in [5.41, 5.74) is 0.0683. The molecule has 0 spiro atoms. The molecule has 0 aliphatic carbocycles. The van der Waals surface area contributed by atoms with Crippen molar-refractivity contribution < 1.29 is 18.3 Å². The molecular formula is C15H12ClNO4S. The van der Waals surface area contributed by atoms with Gasteiger partial charge in [-0.05, 0) is 24.3 Å². The van der Waals surface area contributed by atoms with E-state index in [9.17, 15) is 18.3 Å². The molecule has 3 aromatic rings. The van der Waals surface area contributed by atoms with Crippen LogP contribution < -0.4 is 0 Å². The molecule has 0 aliphatic heterocycles. The number of nitrogens with zero attached hydrogens (tertiary/aromatic N) is 1. The molecule has 5 nitrogen and oxygen atoms in total. The van der Waals surface area contributed by atoms with Gasteiger partial charge in [-0.15, -0.1) is 12.4 Å². The molecule has 1 aromatic heterocycles. The minimum absolute atomic E-state index is 0. The third-order valence-corrected chi connectivity index (χ3v) is 4.91. The first-order valence-corrected chi connectivity index (χ1v) is 7.60. The van der Waals surface area contributed by atoms with Gasteiger partial charge >= 0.3 is 5.97 Å². The molecule has 0 radical (unpaired) electrons. The first kappa shape index (κ1) is 16.1. The quantitative estimate of drug-likeness (QED) is 0.797. The first-order valence-electron chi connectivity index (χ1n) is 6.16. The van der Waals surface area contributed by atoms with E-state index < -0.39 is 16.0 Å². The van der Waals surface area contributed by atoms with Crippen molar-refractivity contribution in [2.45, 2.75) is 4.90 Å². The van der Waals surface area contributed by atoms with E-state index in [0.29, 0.717) is 10.9 Å². The summed E-state index contributed by atoms with van der Waals surface area (Å²) in [6.45, 7) is 0. The molecule has 0 atom stereocenters. The van der Waals surface area contributed by atoms with Crippen molar-refractivity contribution in [2.24, 2.45) is 0 Å². The monoisotopic (exact) mass is 337 g/mol. The number of halogens is 1. The third-order valence-electron chi connectivity index (χ3n) is 3.17. The number of rotatable bonds is 3. The number of benzene rings is 2. The molecule has 0 aliphatic rings. The zero-order valence-electron chi connectivity index (χ0n) is 11.2. The normalized spacial score (nSPS) is 11.1. The highest BCUT2D eigenvalue weighted by atomic mass is 35.5. The Labute approximate surface area is 133 Å². The summed E-state index contributed by atoms with van der Waals surface area (Å²) in [6.07, 6.45) is 0. The molecule has 0 bridgehead atoms. The lowest BCUT2D eigenvalue weighted by molar-refractivity contribution is 0.0689. The van der Waals surface area contributed by atoms with Gasteiger partial charge < -0.3 is 5.11 Å². The van der Waals surface area contributed by atoms with Crippen LogP contribution in [-0.4, -0.2) is 23.5 Å². The SMILES string of the molecule is Cl.O=C(O)c1cc2ccccc2n1S(=O)(=O)c1ccccc1. The number of aromatic carboxylic acids is 1. The molecule has 0 saturated carbocycles. The predicted molar refractivity (Wildman–Crippen MR) is 85.2 cm³/mol. The van der Waals surface area contributed by atoms with Crippen LogP contribution >= 0.6 is 12.4 Å². The number of carboxylic acids is 1. The fourth-order valence-electron chi connectivity index (χ4n) is 2.24. The summed E-state index contributed by atoms with van der Waals surface area (Å²) in [4.78, 5) is 11.4. The van der Waals surface area contributed by atoms with Gasteiger partial charge in [0, 0.05) is 5.39 Å². The van der Waals surface area contributed by atoms with E-state index >= 15 is 0 Å². The van der Waals surface area contributed by atoms with Crippen LogP contribution in [0.25, 0.3) is 10.9 Å². The molecule has 22 heavy (non-hydrogen) atoms. The van der Waals surface area contributed by atoms with Crippen LogP contribution in [0.2, 0.25) is 0 Å². The smallest absolute Gasteiger partial charge is 0.353 e. The molecular weight excluding hydrogens is 326 g/mol. The highest BCUT2D eigenvalue weighted by Crippen LogP contribution is 2.25. The molecule has 114 valence electrons. The number of carboxylic acid groups (broad SMARTS) is 1. The second-order valence-corrected chi connectivity index (χ2v) is 6.26. The highest BCUT2D eigenvalue weighted by molar-refractivity contribution is 7.90. The number of para-hydroxylation sites is 1. The van der Waals surface area contributed by atoms with Gasteiger partial charge in [0.2, 0.25) is 0 Å². The molecule has 1 N–H and O–H groups in total. The van der Waals surface area contributed by atoms with Crippen molar-refractivity contribution >= 4 is 39.3 Å². The van der Waals surface area contributed by atoms with Gasteiger partial charge in [0.1, 0.15) is 5.69 Å². The van der Waals surface area contributed by atoms with E-state index in [4.69, 9.17) is 0 Å². The zero-order valence-corrected chi connectivity index (χ0v) is 12.8. The maximum Gasteiger partial charge on any atom is 0.353 e. The van der Waals surface area contributed by atoms with Gasteiger partial charge in [-0.3, -0.25) is 0 Å². The maximum absolute atomic E-state index is 12.7. The topological polar surface area (TPSA) is 76.4 Å². The number of carbonyl (C=O) groups is 1. The molecule has 0 amide bonds. The van der Waals surface area contributed by atoms with Crippen molar-refractivity contribution in [1.29, 1.82) is 0 Å². The summed E-state index contributed by atoms with van der Waals surface area (Å²) < 4.78 is 26.3. The van der Waals surface area contributed by atoms with Crippen LogP contribution in [0.15, 0.2) is 65.6 Å². The lowest BCUT2D eigenvalue weighted by Gasteiger charge is -2.09. The van der Waals surface area contributed by atoms with E-state index in [1.54, 1.807) is 42.5 Å². The molecule has 0 fully saturated rings. The second kappa shape index (κ2) is 5.82. The number of aromatic nitrogens is 1. The van der Waals surface area contributed by atoms with E-state index in [1.165, 1.54) is 18.2 Å². The van der Waals surface area contributed by atoms with Gasteiger partial charge in [0.15, 0.2) is 0 Å². The average molecular weight is 338 g/mol. The second-order valence-electron chi connectivity index (χ2n) is 4.48. The molecule has 7 heteroatoms. The maximum atomic E-state index is 12.7. The Bertz CT molecular complexity index is 933. The summed E-state index contributed by atoms with van der Waals surface area (Å²) >= 11 is 0. The fraction of sp³-hybridized carbons (Fsp3) is 0. The van der Waals surface area contributed by atoms with Crippen molar-refractivity contribution in [1.82, 2.24) is 3.97 Å². The van der Waals surface area contributed by atoms with Gasteiger partial charge in [-0.1, -0.05) is 36.4 Å². The Morgan fingerprint density at radius 2 is 1.55 bits per heavy atom. The van der Waals surface area contributed by atoms with E-state index in [0.717, 1.165) is 3.97 Å². The fourth-order valence-corrected chi connectivity index (χ4v) is 3.76. The highest BCUT2D eigenvalue weighted by Gasteiger charge is 2.25. The van der Waals surface area contributed by atoms with Gasteiger partial charge in [-0.2, -0.15) is 0 Å².